The first-order chi connectivity index (χ1) is 7.00. The van der Waals surface area contributed by atoms with Crippen LogP contribution < -0.4 is 5.32 Å². The van der Waals surface area contributed by atoms with Crippen molar-refractivity contribution in [3.05, 3.63) is 34.9 Å². The summed E-state index contributed by atoms with van der Waals surface area (Å²) in [5.74, 6) is -1.36. The lowest BCUT2D eigenvalue weighted by Gasteiger charge is -2.07. The molecule has 0 aliphatic heterocycles. The van der Waals surface area contributed by atoms with Gasteiger partial charge < -0.3 is 5.32 Å². The second-order valence-electron chi connectivity index (χ2n) is 3.21. The van der Waals surface area contributed by atoms with Gasteiger partial charge in [-0.05, 0) is 18.6 Å². The van der Waals surface area contributed by atoms with E-state index < -0.39 is 24.6 Å². The molecular weight excluding hydrogens is 210 g/mol. The van der Waals surface area contributed by atoms with Crippen molar-refractivity contribution in [2.45, 2.75) is 19.9 Å². The van der Waals surface area contributed by atoms with Crippen LogP contribution in [-0.4, -0.2) is 13.0 Å². The Balaban J connectivity index is 2.65. The van der Waals surface area contributed by atoms with Crippen molar-refractivity contribution in [3.63, 3.8) is 0 Å². The zero-order chi connectivity index (χ0) is 11.4. The molecule has 5 heteroatoms. The van der Waals surface area contributed by atoms with Crippen molar-refractivity contribution in [2.75, 3.05) is 6.54 Å². The highest BCUT2D eigenvalue weighted by molar-refractivity contribution is 5.25. The molecule has 1 aromatic carbocycles. The normalized spacial score (nSPS) is 11.1. The first-order valence-corrected chi connectivity index (χ1v) is 4.44. The van der Waals surface area contributed by atoms with Crippen LogP contribution in [0, 0.1) is 18.6 Å². The summed E-state index contributed by atoms with van der Waals surface area (Å²) in [5.41, 5.74) is 0.486. The quantitative estimate of drug-likeness (QED) is 0.770. The summed E-state index contributed by atoms with van der Waals surface area (Å²) in [6.07, 6.45) is -2.48. The summed E-state index contributed by atoms with van der Waals surface area (Å²) in [5, 5.41) is 2.38. The van der Waals surface area contributed by atoms with E-state index >= 15 is 0 Å². The highest BCUT2D eigenvalue weighted by Crippen LogP contribution is 2.13. The molecule has 1 rings (SSSR count). The zero-order valence-corrected chi connectivity index (χ0v) is 8.16. The predicted octanol–water partition coefficient (Wildman–Crippen LogP) is 2.63. The van der Waals surface area contributed by atoms with Crippen molar-refractivity contribution in [1.82, 2.24) is 5.32 Å². The van der Waals surface area contributed by atoms with E-state index in [0.29, 0.717) is 5.56 Å². The number of aryl methyl sites for hydroxylation is 1. The summed E-state index contributed by atoms with van der Waals surface area (Å²) < 4.78 is 49.4. The number of hydrogen-bond acceptors (Lipinski definition) is 1. The molecule has 0 atom stereocenters. The van der Waals surface area contributed by atoms with Crippen molar-refractivity contribution < 1.29 is 17.6 Å². The fraction of sp³-hybridized carbons (Fsp3) is 0.400. The topological polar surface area (TPSA) is 12.0 Å². The average molecular weight is 221 g/mol. The van der Waals surface area contributed by atoms with E-state index in [2.05, 4.69) is 5.32 Å². The number of benzene rings is 1. The number of halogens is 4. The minimum Gasteiger partial charge on any atom is -0.307 e. The lowest BCUT2D eigenvalue weighted by molar-refractivity contribution is 0.145. The Labute approximate surface area is 85.1 Å². The van der Waals surface area contributed by atoms with Crippen LogP contribution in [0.1, 0.15) is 11.1 Å². The fourth-order valence-corrected chi connectivity index (χ4v) is 1.17. The van der Waals surface area contributed by atoms with E-state index in [-0.39, 0.29) is 12.1 Å². The van der Waals surface area contributed by atoms with Gasteiger partial charge in [-0.2, -0.15) is 0 Å². The SMILES string of the molecule is Cc1cc(CNCC(F)F)c(F)cc1F. The van der Waals surface area contributed by atoms with Gasteiger partial charge in [0, 0.05) is 18.2 Å². The second-order valence-corrected chi connectivity index (χ2v) is 3.21. The Kier molecular flexibility index (Phi) is 4.08. The summed E-state index contributed by atoms with van der Waals surface area (Å²) in [6.45, 7) is 0.957. The lowest BCUT2D eigenvalue weighted by Crippen LogP contribution is -2.21. The molecule has 15 heavy (non-hydrogen) atoms. The lowest BCUT2D eigenvalue weighted by atomic mass is 10.1. The first kappa shape index (κ1) is 12.0. The summed E-state index contributed by atoms with van der Waals surface area (Å²) >= 11 is 0. The number of rotatable bonds is 4. The third-order valence-electron chi connectivity index (χ3n) is 1.94. The van der Waals surface area contributed by atoms with E-state index in [1.165, 1.54) is 13.0 Å². The average Bonchev–Trinajstić information content (AvgIpc) is 2.13. The van der Waals surface area contributed by atoms with Gasteiger partial charge in [0.1, 0.15) is 11.6 Å². The Hall–Kier alpha value is -1.10. The molecule has 0 amide bonds. The van der Waals surface area contributed by atoms with Crippen LogP contribution in [0.5, 0.6) is 0 Å². The van der Waals surface area contributed by atoms with Gasteiger partial charge >= 0.3 is 0 Å². The smallest absolute Gasteiger partial charge is 0.250 e. The van der Waals surface area contributed by atoms with Gasteiger partial charge in [-0.3, -0.25) is 0 Å². The maximum atomic E-state index is 13.1. The van der Waals surface area contributed by atoms with Crippen LogP contribution in [0.25, 0.3) is 0 Å². The molecule has 0 radical (unpaired) electrons. The zero-order valence-electron chi connectivity index (χ0n) is 8.16. The minimum absolute atomic E-state index is 0.0305. The number of alkyl halides is 2. The highest BCUT2D eigenvalue weighted by Gasteiger charge is 2.08. The first-order valence-electron chi connectivity index (χ1n) is 4.44. The van der Waals surface area contributed by atoms with Gasteiger partial charge in [-0.15, -0.1) is 0 Å². The maximum absolute atomic E-state index is 13.1. The Morgan fingerprint density at radius 2 is 1.87 bits per heavy atom. The monoisotopic (exact) mass is 221 g/mol. The van der Waals surface area contributed by atoms with Crippen LogP contribution in [0.2, 0.25) is 0 Å². The Bertz CT molecular complexity index is 338. The van der Waals surface area contributed by atoms with E-state index in [4.69, 9.17) is 0 Å². The summed E-state index contributed by atoms with van der Waals surface area (Å²) in [7, 11) is 0. The fourth-order valence-electron chi connectivity index (χ4n) is 1.17. The second kappa shape index (κ2) is 5.11. The van der Waals surface area contributed by atoms with Crippen LogP contribution >= 0.6 is 0 Å². The number of nitrogens with one attached hydrogen (secondary N) is 1. The highest BCUT2D eigenvalue weighted by atomic mass is 19.3. The van der Waals surface area contributed by atoms with Gasteiger partial charge in [0.2, 0.25) is 0 Å². The van der Waals surface area contributed by atoms with Crippen LogP contribution in [0.4, 0.5) is 17.6 Å². The molecule has 84 valence electrons. The summed E-state index contributed by atoms with van der Waals surface area (Å²) in [4.78, 5) is 0. The molecule has 0 saturated heterocycles. The molecule has 0 fully saturated rings. The van der Waals surface area contributed by atoms with Crippen molar-refractivity contribution in [2.24, 2.45) is 0 Å². The molecule has 0 aromatic heterocycles. The van der Waals surface area contributed by atoms with Gasteiger partial charge in [0.25, 0.3) is 6.43 Å². The van der Waals surface area contributed by atoms with Crippen molar-refractivity contribution >= 4 is 0 Å². The maximum Gasteiger partial charge on any atom is 0.250 e. The van der Waals surface area contributed by atoms with Crippen molar-refractivity contribution in [1.29, 1.82) is 0 Å². The summed E-state index contributed by atoms with van der Waals surface area (Å²) in [6, 6.07) is 2.07. The molecule has 0 saturated carbocycles. The van der Waals surface area contributed by atoms with Crippen LogP contribution in [0.3, 0.4) is 0 Å². The van der Waals surface area contributed by atoms with Gasteiger partial charge in [0.15, 0.2) is 0 Å². The molecule has 1 N–H and O–H groups in total. The molecule has 0 aliphatic carbocycles. The van der Waals surface area contributed by atoms with Gasteiger partial charge in [-0.1, -0.05) is 0 Å². The van der Waals surface area contributed by atoms with E-state index in [1.54, 1.807) is 0 Å². The minimum atomic E-state index is -2.48. The van der Waals surface area contributed by atoms with E-state index in [0.717, 1.165) is 6.07 Å². The van der Waals surface area contributed by atoms with Gasteiger partial charge in [-0.25, -0.2) is 17.6 Å². The molecule has 0 unspecified atom stereocenters. The molecule has 0 spiro atoms. The molecule has 0 heterocycles. The Morgan fingerprint density at radius 3 is 2.47 bits per heavy atom. The molecule has 0 aliphatic rings. The standard InChI is InChI=1S/C10H11F4N/c1-6-2-7(4-15-5-10(13)14)9(12)3-8(6)11/h2-3,10,15H,4-5H2,1H3. The van der Waals surface area contributed by atoms with Crippen LogP contribution in [-0.2, 0) is 6.54 Å². The third-order valence-corrected chi connectivity index (χ3v) is 1.94. The van der Waals surface area contributed by atoms with Crippen LogP contribution in [0.15, 0.2) is 12.1 Å². The largest absolute Gasteiger partial charge is 0.307 e. The number of hydrogen-bond donors (Lipinski definition) is 1. The molecule has 1 aromatic rings. The molecule has 1 nitrogen and oxygen atoms in total. The molecule has 0 bridgehead atoms. The third kappa shape index (κ3) is 3.51. The van der Waals surface area contributed by atoms with Crippen molar-refractivity contribution in [3.8, 4) is 0 Å². The van der Waals surface area contributed by atoms with E-state index in [1.807, 2.05) is 0 Å². The van der Waals surface area contributed by atoms with Gasteiger partial charge in [0.05, 0.1) is 6.54 Å². The predicted molar refractivity (Wildman–Crippen MR) is 48.8 cm³/mol. The molecular formula is C10H11F4N. The van der Waals surface area contributed by atoms with E-state index in [9.17, 15) is 17.6 Å². The Morgan fingerprint density at radius 1 is 1.20 bits per heavy atom.